The van der Waals surface area contributed by atoms with Gasteiger partial charge in [-0.05, 0) is 53.3 Å². The molecule has 0 amide bonds. The lowest BCUT2D eigenvalue weighted by Gasteiger charge is -2.11. The molecule has 0 spiro atoms. The van der Waals surface area contributed by atoms with Crippen molar-refractivity contribution in [3.05, 3.63) is 106 Å². The third-order valence-electron chi connectivity index (χ3n) is 5.27. The van der Waals surface area contributed by atoms with Crippen LogP contribution < -0.4 is 0 Å². The number of aryl methyl sites for hydroxylation is 1. The third-order valence-corrected chi connectivity index (χ3v) is 5.27. The molecule has 4 aromatic rings. The van der Waals surface area contributed by atoms with Crippen molar-refractivity contribution in [3.8, 4) is 23.0 Å². The lowest BCUT2D eigenvalue weighted by molar-refractivity contribution is 0.446. The van der Waals surface area contributed by atoms with Gasteiger partial charge in [-0.2, -0.15) is 0 Å². The summed E-state index contributed by atoms with van der Waals surface area (Å²) in [5.74, 6) is -4.47. The van der Waals surface area contributed by atoms with E-state index in [9.17, 15) is 26.3 Å². The highest BCUT2D eigenvalue weighted by molar-refractivity contribution is 5.89. The molecule has 4 aromatic carbocycles. The number of rotatable bonds is 3. The van der Waals surface area contributed by atoms with E-state index in [1.54, 1.807) is 6.07 Å². The second-order valence-corrected chi connectivity index (χ2v) is 7.67. The summed E-state index contributed by atoms with van der Waals surface area (Å²) >= 11 is 0. The van der Waals surface area contributed by atoms with Crippen LogP contribution in [0.1, 0.15) is 30.0 Å². The zero-order valence-electron chi connectivity index (χ0n) is 17.7. The van der Waals surface area contributed by atoms with E-state index in [0.717, 1.165) is 18.6 Å². The molecule has 0 radical (unpaired) electrons. The molecular formula is C27H15F7. The summed E-state index contributed by atoms with van der Waals surface area (Å²) in [7, 11) is 0. The van der Waals surface area contributed by atoms with E-state index in [4.69, 9.17) is 0 Å². The highest BCUT2D eigenvalue weighted by atomic mass is 19.2. The molecule has 4 rings (SSSR count). The Kier molecular flexibility index (Phi) is 6.34. The molecule has 34 heavy (non-hydrogen) atoms. The molecule has 172 valence electrons. The van der Waals surface area contributed by atoms with Crippen LogP contribution in [0.2, 0.25) is 0 Å². The summed E-state index contributed by atoms with van der Waals surface area (Å²) in [5, 5.41) is 0.0364. The first-order valence-corrected chi connectivity index (χ1v) is 10.3. The van der Waals surface area contributed by atoms with Gasteiger partial charge in [0.25, 0.3) is 0 Å². The largest absolute Gasteiger partial charge is 0.206 e. The van der Waals surface area contributed by atoms with E-state index >= 15 is 4.39 Å². The molecule has 0 bridgehead atoms. The Labute approximate surface area is 190 Å². The van der Waals surface area contributed by atoms with Crippen molar-refractivity contribution in [2.24, 2.45) is 0 Å². The summed E-state index contributed by atoms with van der Waals surface area (Å²) in [6.07, 6.45) is 1.40. The predicted octanol–water partition coefficient (Wildman–Crippen LogP) is 7.83. The Balaban J connectivity index is 1.76. The lowest BCUT2D eigenvalue weighted by Crippen LogP contribution is -1.96. The van der Waals surface area contributed by atoms with Crippen molar-refractivity contribution in [2.45, 2.75) is 19.8 Å². The SMILES string of the molecule is CCCc1cc(F)c2c(F)c(-c3cc(F)c(C#Cc4cc(F)c(F)c(F)c4)c(F)c3)ccc2c1. The van der Waals surface area contributed by atoms with Crippen LogP contribution in [0.3, 0.4) is 0 Å². The molecule has 0 saturated heterocycles. The molecular weight excluding hydrogens is 457 g/mol. The van der Waals surface area contributed by atoms with Gasteiger partial charge in [0.15, 0.2) is 17.5 Å². The highest BCUT2D eigenvalue weighted by Gasteiger charge is 2.17. The van der Waals surface area contributed by atoms with Crippen molar-refractivity contribution in [3.63, 3.8) is 0 Å². The zero-order chi connectivity index (χ0) is 24.6. The van der Waals surface area contributed by atoms with Crippen LogP contribution in [-0.2, 0) is 6.42 Å². The van der Waals surface area contributed by atoms with Crippen molar-refractivity contribution in [1.82, 2.24) is 0 Å². The highest BCUT2D eigenvalue weighted by Crippen LogP contribution is 2.33. The van der Waals surface area contributed by atoms with Crippen LogP contribution >= 0.6 is 0 Å². The van der Waals surface area contributed by atoms with Crippen molar-refractivity contribution in [2.75, 3.05) is 0 Å². The van der Waals surface area contributed by atoms with E-state index < -0.39 is 46.3 Å². The fraction of sp³-hybridized carbons (Fsp3) is 0.111. The van der Waals surface area contributed by atoms with Crippen molar-refractivity contribution < 1.29 is 30.7 Å². The Hall–Kier alpha value is -3.79. The summed E-state index contributed by atoms with van der Waals surface area (Å²) < 4.78 is 98.7. The molecule has 0 aliphatic heterocycles. The Morgan fingerprint density at radius 3 is 1.91 bits per heavy atom. The van der Waals surface area contributed by atoms with Gasteiger partial charge in [-0.3, -0.25) is 0 Å². The van der Waals surface area contributed by atoms with Gasteiger partial charge < -0.3 is 0 Å². The summed E-state index contributed by atoms with van der Waals surface area (Å²) in [5.41, 5.74) is -0.755. The monoisotopic (exact) mass is 472 g/mol. The first-order valence-electron chi connectivity index (χ1n) is 10.3. The second kappa shape index (κ2) is 9.22. The first kappa shape index (κ1) is 23.4. The summed E-state index contributed by atoms with van der Waals surface area (Å²) in [4.78, 5) is 0. The van der Waals surface area contributed by atoms with Crippen molar-refractivity contribution >= 4 is 10.8 Å². The Morgan fingerprint density at radius 2 is 1.29 bits per heavy atom. The maximum Gasteiger partial charge on any atom is 0.194 e. The van der Waals surface area contributed by atoms with Gasteiger partial charge in [-0.25, -0.2) is 30.7 Å². The van der Waals surface area contributed by atoms with Crippen molar-refractivity contribution in [1.29, 1.82) is 0 Å². The van der Waals surface area contributed by atoms with Crippen LogP contribution in [0.25, 0.3) is 21.9 Å². The first-order chi connectivity index (χ1) is 16.2. The topological polar surface area (TPSA) is 0 Å². The fourth-order valence-electron chi connectivity index (χ4n) is 3.70. The Morgan fingerprint density at radius 1 is 0.647 bits per heavy atom. The zero-order valence-corrected chi connectivity index (χ0v) is 17.7. The smallest absolute Gasteiger partial charge is 0.194 e. The standard InChI is InChI=1S/C27H15F7/c1-2-3-14-8-16-5-7-18(26(33)25(16)22(30)9-14)17-12-20(28)19(21(29)13-17)6-4-15-10-23(31)27(34)24(32)11-15/h5,7-13H,2-3H2,1H3. The lowest BCUT2D eigenvalue weighted by atomic mass is 9.96. The molecule has 0 aliphatic rings. The normalized spacial score (nSPS) is 10.9. The van der Waals surface area contributed by atoms with Gasteiger partial charge in [0, 0.05) is 11.1 Å². The predicted molar refractivity (Wildman–Crippen MR) is 116 cm³/mol. The maximum absolute atomic E-state index is 15.2. The molecule has 0 heterocycles. The second-order valence-electron chi connectivity index (χ2n) is 7.67. The summed E-state index contributed by atoms with van der Waals surface area (Å²) in [6.45, 7) is 1.93. The average Bonchev–Trinajstić information content (AvgIpc) is 2.77. The van der Waals surface area contributed by atoms with Gasteiger partial charge in [0.2, 0.25) is 0 Å². The number of hydrogen-bond acceptors (Lipinski definition) is 0. The molecule has 0 saturated carbocycles. The van der Waals surface area contributed by atoms with Gasteiger partial charge in [0.05, 0.1) is 10.9 Å². The summed E-state index contributed by atoms with van der Waals surface area (Å²) in [6, 6.07) is 8.49. The minimum atomic E-state index is -1.69. The number of halogens is 7. The number of fused-ring (bicyclic) bond motifs is 1. The minimum absolute atomic E-state index is 0.184. The molecule has 0 aromatic heterocycles. The van der Waals surface area contributed by atoms with Gasteiger partial charge >= 0.3 is 0 Å². The van der Waals surface area contributed by atoms with Crippen LogP contribution in [0.15, 0.2) is 48.5 Å². The molecule has 0 fully saturated rings. The molecule has 0 nitrogen and oxygen atoms in total. The van der Waals surface area contributed by atoms with E-state index in [0.29, 0.717) is 29.5 Å². The molecule has 0 N–H and O–H groups in total. The maximum atomic E-state index is 15.2. The number of hydrogen-bond donors (Lipinski definition) is 0. The third kappa shape index (κ3) is 4.36. The van der Waals surface area contributed by atoms with Crippen LogP contribution in [0.4, 0.5) is 30.7 Å². The molecule has 0 unspecified atom stereocenters. The molecule has 0 aliphatic carbocycles. The average molecular weight is 472 g/mol. The quantitative estimate of drug-likeness (QED) is 0.162. The van der Waals surface area contributed by atoms with E-state index in [1.807, 2.05) is 6.92 Å². The number of benzene rings is 4. The molecule has 0 atom stereocenters. The minimum Gasteiger partial charge on any atom is -0.206 e. The van der Waals surface area contributed by atoms with Gasteiger partial charge in [-0.15, -0.1) is 0 Å². The fourth-order valence-corrected chi connectivity index (χ4v) is 3.70. The van der Waals surface area contributed by atoms with Gasteiger partial charge in [-0.1, -0.05) is 43.4 Å². The van der Waals surface area contributed by atoms with E-state index in [-0.39, 0.29) is 22.1 Å². The van der Waals surface area contributed by atoms with E-state index in [2.05, 4.69) is 11.8 Å². The Bertz CT molecular complexity index is 1450. The van der Waals surface area contributed by atoms with Crippen LogP contribution in [0.5, 0.6) is 0 Å². The van der Waals surface area contributed by atoms with Gasteiger partial charge in [0.1, 0.15) is 23.3 Å². The molecule has 7 heteroatoms. The van der Waals surface area contributed by atoms with E-state index in [1.165, 1.54) is 18.2 Å². The van der Waals surface area contributed by atoms with Crippen LogP contribution in [0, 0.1) is 52.6 Å². The van der Waals surface area contributed by atoms with Crippen LogP contribution in [-0.4, -0.2) is 0 Å².